The molecule has 0 amide bonds. The summed E-state index contributed by atoms with van der Waals surface area (Å²) in [6, 6.07) is 16.2. The molecule has 3 heterocycles. The van der Waals surface area contributed by atoms with Crippen molar-refractivity contribution < 1.29 is 9.47 Å². The number of nitrogens with one attached hydrogen (secondary N) is 1. The Labute approximate surface area is 224 Å². The van der Waals surface area contributed by atoms with E-state index in [1.807, 2.05) is 36.4 Å². The molecule has 38 heavy (non-hydrogen) atoms. The number of hydrogen-bond donors (Lipinski definition) is 2. The van der Waals surface area contributed by atoms with Crippen LogP contribution in [-0.4, -0.2) is 57.9 Å². The maximum absolute atomic E-state index is 6.85. The van der Waals surface area contributed by atoms with Gasteiger partial charge in [0.25, 0.3) is 0 Å². The Morgan fingerprint density at radius 3 is 2.21 bits per heavy atom. The average Bonchev–Trinajstić information content (AvgIpc) is 3.31. The third-order valence-corrected chi connectivity index (χ3v) is 8.09. The molecule has 0 bridgehead atoms. The second kappa shape index (κ2) is 9.51. The fourth-order valence-corrected chi connectivity index (χ4v) is 5.88. The smallest absolute Gasteiger partial charge is 0.167 e. The first kappa shape index (κ1) is 25.9. The maximum atomic E-state index is 6.85. The Bertz CT molecular complexity index is 1440. The van der Waals surface area contributed by atoms with Crippen molar-refractivity contribution in [2.45, 2.75) is 57.7 Å². The minimum Gasteiger partial charge on any atom is -0.493 e. The molecule has 3 N–H and O–H groups in total. The third kappa shape index (κ3) is 4.43. The van der Waals surface area contributed by atoms with Crippen LogP contribution in [0.3, 0.4) is 0 Å². The van der Waals surface area contributed by atoms with E-state index in [4.69, 9.17) is 20.2 Å². The molecule has 1 fully saturated rings. The lowest BCUT2D eigenvalue weighted by Crippen LogP contribution is -2.61. The monoisotopic (exact) mass is 514 g/mol. The summed E-state index contributed by atoms with van der Waals surface area (Å²) in [5.41, 5.74) is 11.2. The molecule has 1 aliphatic rings. The van der Waals surface area contributed by atoms with E-state index in [0.717, 1.165) is 40.9 Å². The van der Waals surface area contributed by atoms with E-state index in [2.05, 4.69) is 62.2 Å². The van der Waals surface area contributed by atoms with Gasteiger partial charge in [-0.1, -0.05) is 36.4 Å². The second-order valence-corrected chi connectivity index (χ2v) is 11.4. The van der Waals surface area contributed by atoms with Crippen LogP contribution in [0, 0.1) is 0 Å². The lowest BCUT2D eigenvalue weighted by atomic mass is 9.77. The van der Waals surface area contributed by atoms with Gasteiger partial charge in [0.15, 0.2) is 17.1 Å². The van der Waals surface area contributed by atoms with Crippen LogP contribution >= 0.6 is 0 Å². The van der Waals surface area contributed by atoms with Crippen LogP contribution in [-0.2, 0) is 0 Å². The molecule has 0 radical (unpaired) electrons. The Kier molecular flexibility index (Phi) is 6.47. The van der Waals surface area contributed by atoms with Crippen molar-refractivity contribution in [2.75, 3.05) is 32.3 Å². The van der Waals surface area contributed by atoms with Gasteiger partial charge in [0.05, 0.1) is 26.0 Å². The summed E-state index contributed by atoms with van der Waals surface area (Å²) < 4.78 is 12.7. The number of ether oxygens (including phenoxy) is 2. The highest BCUT2D eigenvalue weighted by atomic mass is 16.5. The van der Waals surface area contributed by atoms with E-state index in [1.165, 1.54) is 0 Å². The molecule has 8 nitrogen and oxygen atoms in total. The minimum atomic E-state index is 0.0311. The first-order valence-electron chi connectivity index (χ1n) is 13.0. The molecule has 0 aliphatic carbocycles. The van der Waals surface area contributed by atoms with Crippen molar-refractivity contribution in [1.82, 2.24) is 19.5 Å². The normalized spacial score (nSPS) is 17.4. The maximum Gasteiger partial charge on any atom is 0.167 e. The van der Waals surface area contributed by atoms with Crippen LogP contribution in [0.2, 0.25) is 0 Å². The zero-order chi connectivity index (χ0) is 27.2. The van der Waals surface area contributed by atoms with Crippen molar-refractivity contribution in [3.8, 4) is 33.8 Å². The average molecular weight is 515 g/mol. The quantitative estimate of drug-likeness (QED) is 0.340. The standard InChI is InChI=1S/C30H38N6O2/c1-29(2)16-21(17-30(3,4)35(29)5)33-27-25(19-11-9-8-10-12-19)26(31)36-28(34-27)22(18-32-36)20-13-14-23(37-6)24(15-20)38-7/h8-15,18,21H,16-17,31H2,1-7H3,(H,33,34). The summed E-state index contributed by atoms with van der Waals surface area (Å²) in [6.45, 7) is 9.21. The molecule has 2 aromatic carbocycles. The Balaban J connectivity index is 1.66. The van der Waals surface area contributed by atoms with Gasteiger partial charge in [-0.25, -0.2) is 4.98 Å². The number of benzene rings is 2. The molecule has 2 aromatic heterocycles. The van der Waals surface area contributed by atoms with Crippen molar-refractivity contribution in [2.24, 2.45) is 0 Å². The molecule has 0 atom stereocenters. The number of nitrogen functional groups attached to an aromatic ring is 1. The fourth-order valence-electron chi connectivity index (χ4n) is 5.88. The van der Waals surface area contributed by atoms with Crippen LogP contribution in [0.1, 0.15) is 40.5 Å². The predicted octanol–water partition coefficient (Wildman–Crippen LogP) is 5.73. The summed E-state index contributed by atoms with van der Waals surface area (Å²) >= 11 is 0. The fraction of sp³-hybridized carbons (Fsp3) is 0.400. The molecule has 0 spiro atoms. The van der Waals surface area contributed by atoms with Crippen LogP contribution in [0.4, 0.5) is 11.6 Å². The Hall–Kier alpha value is -3.78. The number of hydrogen-bond acceptors (Lipinski definition) is 7. The van der Waals surface area contributed by atoms with Crippen LogP contribution in [0.15, 0.2) is 54.7 Å². The van der Waals surface area contributed by atoms with Gasteiger partial charge in [-0.05, 0) is 70.8 Å². The number of methoxy groups -OCH3 is 2. The predicted molar refractivity (Wildman–Crippen MR) is 154 cm³/mol. The van der Waals surface area contributed by atoms with Gasteiger partial charge in [-0.15, -0.1) is 0 Å². The summed E-state index contributed by atoms with van der Waals surface area (Å²) in [4.78, 5) is 7.66. The molecule has 4 aromatic rings. The number of aromatic nitrogens is 3. The highest BCUT2D eigenvalue weighted by molar-refractivity contribution is 5.89. The van der Waals surface area contributed by atoms with Crippen LogP contribution in [0.5, 0.6) is 11.5 Å². The number of nitrogens with zero attached hydrogens (tertiary/aromatic N) is 4. The molecule has 8 heteroatoms. The van der Waals surface area contributed by atoms with Crippen molar-refractivity contribution in [1.29, 1.82) is 0 Å². The molecular weight excluding hydrogens is 476 g/mol. The first-order chi connectivity index (χ1) is 18.1. The van der Waals surface area contributed by atoms with E-state index in [1.54, 1.807) is 24.9 Å². The summed E-state index contributed by atoms with van der Waals surface area (Å²) in [6.07, 6.45) is 3.77. The van der Waals surface area contributed by atoms with Gasteiger partial charge in [0.1, 0.15) is 11.6 Å². The topological polar surface area (TPSA) is 89.9 Å². The van der Waals surface area contributed by atoms with E-state index in [0.29, 0.717) is 23.0 Å². The number of likely N-dealkylation sites (tertiary alicyclic amines) is 1. The number of piperidine rings is 1. The lowest BCUT2D eigenvalue weighted by Gasteiger charge is -2.53. The van der Waals surface area contributed by atoms with Gasteiger partial charge in [0.2, 0.25) is 0 Å². The molecule has 1 saturated heterocycles. The van der Waals surface area contributed by atoms with Crippen molar-refractivity contribution in [3.63, 3.8) is 0 Å². The number of anilines is 2. The number of fused-ring (bicyclic) bond motifs is 1. The molecule has 5 rings (SSSR count). The van der Waals surface area contributed by atoms with Crippen LogP contribution in [0.25, 0.3) is 27.9 Å². The molecule has 0 saturated carbocycles. The van der Waals surface area contributed by atoms with E-state index in [-0.39, 0.29) is 17.1 Å². The van der Waals surface area contributed by atoms with Crippen molar-refractivity contribution in [3.05, 3.63) is 54.7 Å². The zero-order valence-corrected chi connectivity index (χ0v) is 23.4. The van der Waals surface area contributed by atoms with Gasteiger partial charge < -0.3 is 20.5 Å². The Morgan fingerprint density at radius 2 is 1.58 bits per heavy atom. The van der Waals surface area contributed by atoms with Gasteiger partial charge >= 0.3 is 0 Å². The summed E-state index contributed by atoms with van der Waals surface area (Å²) in [5, 5.41) is 8.46. The largest absolute Gasteiger partial charge is 0.493 e. The highest BCUT2D eigenvalue weighted by Crippen LogP contribution is 2.41. The number of nitrogens with two attached hydrogens (primary N) is 1. The summed E-state index contributed by atoms with van der Waals surface area (Å²) in [7, 11) is 5.48. The molecular formula is C30H38N6O2. The van der Waals surface area contributed by atoms with E-state index in [9.17, 15) is 0 Å². The first-order valence-corrected chi connectivity index (χ1v) is 13.0. The van der Waals surface area contributed by atoms with E-state index >= 15 is 0 Å². The van der Waals surface area contributed by atoms with Crippen LogP contribution < -0.4 is 20.5 Å². The van der Waals surface area contributed by atoms with Gasteiger partial charge in [0, 0.05) is 22.7 Å². The van der Waals surface area contributed by atoms with E-state index < -0.39 is 0 Å². The lowest BCUT2D eigenvalue weighted by molar-refractivity contribution is -0.00771. The molecule has 0 unspecified atom stereocenters. The summed E-state index contributed by atoms with van der Waals surface area (Å²) in [5.74, 6) is 2.63. The molecule has 1 aliphatic heterocycles. The zero-order valence-electron chi connectivity index (χ0n) is 23.4. The Morgan fingerprint density at radius 1 is 0.921 bits per heavy atom. The molecule has 200 valence electrons. The highest BCUT2D eigenvalue weighted by Gasteiger charge is 2.43. The van der Waals surface area contributed by atoms with Crippen molar-refractivity contribution >= 4 is 17.3 Å². The van der Waals surface area contributed by atoms with Gasteiger partial charge in [-0.2, -0.15) is 9.61 Å². The minimum absolute atomic E-state index is 0.0311. The number of rotatable bonds is 6. The third-order valence-electron chi connectivity index (χ3n) is 8.09. The second-order valence-electron chi connectivity index (χ2n) is 11.4. The van der Waals surface area contributed by atoms with Gasteiger partial charge in [-0.3, -0.25) is 4.90 Å². The SMILES string of the molecule is COc1ccc(-c2cnn3c(N)c(-c4ccccc4)c(NC4CC(C)(C)N(C)C(C)(C)C4)nc23)cc1OC.